The van der Waals surface area contributed by atoms with Crippen molar-refractivity contribution in [1.29, 1.82) is 0 Å². The van der Waals surface area contributed by atoms with Gasteiger partial charge in [-0.1, -0.05) is 11.6 Å². The number of anilines is 1. The summed E-state index contributed by atoms with van der Waals surface area (Å²) < 4.78 is 7.32. The van der Waals surface area contributed by atoms with E-state index >= 15 is 0 Å². The maximum absolute atomic E-state index is 12.9. The van der Waals surface area contributed by atoms with E-state index in [-0.39, 0.29) is 5.57 Å². The minimum atomic E-state index is -0.801. The first kappa shape index (κ1) is 21.1. The molecule has 0 aromatic heterocycles. The van der Waals surface area contributed by atoms with Crippen molar-refractivity contribution < 1.29 is 19.1 Å². The second-order valence-electron chi connectivity index (χ2n) is 5.68. The van der Waals surface area contributed by atoms with E-state index in [0.717, 1.165) is 17.8 Å². The zero-order valence-electron chi connectivity index (χ0n) is 14.5. The summed E-state index contributed by atoms with van der Waals surface area (Å²) in [6.45, 7) is 2.43. The average Bonchev–Trinajstić information content (AvgIpc) is 2.63. The lowest BCUT2D eigenvalue weighted by Crippen LogP contribution is -2.54. The number of carbonyl (C=O) groups is 3. The highest BCUT2D eigenvalue weighted by Gasteiger charge is 2.36. The van der Waals surface area contributed by atoms with E-state index in [1.165, 1.54) is 18.2 Å². The number of rotatable bonds is 4. The van der Waals surface area contributed by atoms with Gasteiger partial charge in [0.05, 0.1) is 19.4 Å². The van der Waals surface area contributed by atoms with Crippen molar-refractivity contribution in [3.05, 3.63) is 59.7 Å². The molecule has 1 N–H and O–H groups in total. The number of barbiturate groups is 1. The minimum absolute atomic E-state index is 0.134. The van der Waals surface area contributed by atoms with Crippen LogP contribution in [0.5, 0.6) is 5.75 Å². The third-order valence-electron chi connectivity index (χ3n) is 3.81. The van der Waals surface area contributed by atoms with Gasteiger partial charge < -0.3 is 4.74 Å². The minimum Gasteiger partial charge on any atom is -0.492 e. The molecule has 4 amide bonds. The molecular weight excluding hydrogens is 609 g/mol. The van der Waals surface area contributed by atoms with Gasteiger partial charge in [-0.25, -0.2) is 9.69 Å². The van der Waals surface area contributed by atoms with Gasteiger partial charge in [-0.3, -0.25) is 14.9 Å². The van der Waals surface area contributed by atoms with Gasteiger partial charge in [0.15, 0.2) is 0 Å². The Morgan fingerprint density at radius 1 is 1.11 bits per heavy atom. The molecule has 0 spiro atoms. The smallest absolute Gasteiger partial charge is 0.335 e. The summed E-state index contributed by atoms with van der Waals surface area (Å²) in [6.07, 6.45) is 1.47. The lowest BCUT2D eigenvalue weighted by molar-refractivity contribution is -0.122. The number of hydrogen-bond donors (Lipinski definition) is 1. The summed E-state index contributed by atoms with van der Waals surface area (Å²) in [5.41, 5.74) is 0.840. The van der Waals surface area contributed by atoms with Crippen LogP contribution < -0.4 is 15.0 Å². The van der Waals surface area contributed by atoms with Gasteiger partial charge in [0.1, 0.15) is 11.3 Å². The van der Waals surface area contributed by atoms with Crippen LogP contribution in [0.1, 0.15) is 12.5 Å². The highest BCUT2D eigenvalue weighted by Crippen LogP contribution is 2.30. The van der Waals surface area contributed by atoms with Gasteiger partial charge in [-0.15, -0.1) is 0 Å². The van der Waals surface area contributed by atoms with Crippen LogP contribution in [-0.4, -0.2) is 24.5 Å². The number of halogens is 3. The summed E-state index contributed by atoms with van der Waals surface area (Å²) in [4.78, 5) is 38.3. The average molecular weight is 623 g/mol. The van der Waals surface area contributed by atoms with E-state index in [9.17, 15) is 14.4 Å². The quantitative estimate of drug-likeness (QED) is 0.307. The van der Waals surface area contributed by atoms with Gasteiger partial charge in [-0.05, 0) is 100 Å². The Bertz CT molecular complexity index is 982. The van der Waals surface area contributed by atoms with Crippen LogP contribution in [0.15, 0.2) is 42.0 Å². The SMILES string of the molecule is CCOc1c(I)cc(/C=C2\C(=O)NC(=O)N(c3ccc(Cl)cc3)C2=O)cc1I. The Morgan fingerprint density at radius 2 is 1.71 bits per heavy atom. The predicted molar refractivity (Wildman–Crippen MR) is 123 cm³/mol. The molecule has 144 valence electrons. The zero-order chi connectivity index (χ0) is 20.4. The van der Waals surface area contributed by atoms with E-state index in [0.29, 0.717) is 22.9 Å². The van der Waals surface area contributed by atoms with E-state index in [1.54, 1.807) is 12.1 Å². The summed E-state index contributed by atoms with van der Waals surface area (Å²) in [5.74, 6) is -0.683. The number of imide groups is 2. The number of nitrogens with zero attached hydrogens (tertiary/aromatic N) is 1. The molecular formula is C19H13ClI2N2O4. The van der Waals surface area contributed by atoms with Crippen molar-refractivity contribution in [2.24, 2.45) is 0 Å². The van der Waals surface area contributed by atoms with Gasteiger partial charge in [0.2, 0.25) is 0 Å². The van der Waals surface area contributed by atoms with Gasteiger partial charge in [0, 0.05) is 5.02 Å². The van der Waals surface area contributed by atoms with Crippen molar-refractivity contribution in [2.75, 3.05) is 11.5 Å². The van der Waals surface area contributed by atoms with E-state index in [4.69, 9.17) is 16.3 Å². The number of urea groups is 1. The molecule has 0 unspecified atom stereocenters. The maximum atomic E-state index is 12.9. The standard InChI is InChI=1S/C19H13ClI2N2O4/c1-2-28-16-14(21)8-10(9-15(16)22)7-13-17(25)23-19(27)24(18(13)26)12-5-3-11(20)4-6-12/h3-9H,2H2,1H3,(H,23,25,27)/b13-7+. The molecule has 1 fully saturated rings. The van der Waals surface area contributed by atoms with Gasteiger partial charge in [0.25, 0.3) is 11.8 Å². The molecule has 1 aliphatic heterocycles. The van der Waals surface area contributed by atoms with E-state index < -0.39 is 17.8 Å². The van der Waals surface area contributed by atoms with E-state index in [1.807, 2.05) is 19.1 Å². The molecule has 1 heterocycles. The molecule has 0 bridgehead atoms. The summed E-state index contributed by atoms with van der Waals surface area (Å²) in [5, 5.41) is 2.67. The second-order valence-corrected chi connectivity index (χ2v) is 8.44. The van der Waals surface area contributed by atoms with Crippen molar-refractivity contribution in [3.8, 4) is 5.75 Å². The van der Waals surface area contributed by atoms with Gasteiger partial charge in [-0.2, -0.15) is 0 Å². The zero-order valence-corrected chi connectivity index (χ0v) is 19.5. The van der Waals surface area contributed by atoms with Crippen molar-refractivity contribution in [2.45, 2.75) is 6.92 Å². The molecule has 3 rings (SSSR count). The number of amides is 4. The molecule has 6 nitrogen and oxygen atoms in total. The first-order chi connectivity index (χ1) is 13.3. The molecule has 1 aliphatic rings. The molecule has 0 atom stereocenters. The molecule has 2 aromatic rings. The largest absolute Gasteiger partial charge is 0.492 e. The first-order valence-electron chi connectivity index (χ1n) is 8.10. The van der Waals surface area contributed by atoms with Crippen molar-refractivity contribution in [3.63, 3.8) is 0 Å². The third kappa shape index (κ3) is 4.33. The Labute approximate surface area is 193 Å². The Kier molecular flexibility index (Phi) is 6.61. The number of benzene rings is 2. The van der Waals surface area contributed by atoms with Crippen LogP contribution in [0.4, 0.5) is 10.5 Å². The second kappa shape index (κ2) is 8.78. The fraction of sp³-hybridized carbons (Fsp3) is 0.105. The number of ether oxygens (including phenoxy) is 1. The summed E-state index contributed by atoms with van der Waals surface area (Å²) in [6, 6.07) is 9.02. The monoisotopic (exact) mass is 622 g/mol. The maximum Gasteiger partial charge on any atom is 0.335 e. The molecule has 0 aliphatic carbocycles. The van der Waals surface area contributed by atoms with Gasteiger partial charge >= 0.3 is 6.03 Å². The highest BCUT2D eigenvalue weighted by atomic mass is 127. The number of hydrogen-bond acceptors (Lipinski definition) is 4. The number of nitrogens with one attached hydrogen (secondary N) is 1. The van der Waals surface area contributed by atoms with Crippen molar-refractivity contribution >= 4 is 86.4 Å². The lowest BCUT2D eigenvalue weighted by atomic mass is 10.1. The third-order valence-corrected chi connectivity index (χ3v) is 5.66. The van der Waals surface area contributed by atoms with Crippen LogP contribution in [-0.2, 0) is 9.59 Å². The van der Waals surface area contributed by atoms with Crippen LogP contribution in [0.2, 0.25) is 5.02 Å². The lowest BCUT2D eigenvalue weighted by Gasteiger charge is -2.26. The molecule has 2 aromatic carbocycles. The number of carbonyl (C=O) groups excluding carboxylic acids is 3. The Morgan fingerprint density at radius 3 is 2.29 bits per heavy atom. The molecule has 0 radical (unpaired) electrons. The first-order valence-corrected chi connectivity index (χ1v) is 10.6. The fourth-order valence-corrected chi connectivity index (χ4v) is 4.85. The topological polar surface area (TPSA) is 75.7 Å². The fourth-order valence-electron chi connectivity index (χ4n) is 2.59. The summed E-state index contributed by atoms with van der Waals surface area (Å²) in [7, 11) is 0. The highest BCUT2D eigenvalue weighted by molar-refractivity contribution is 14.1. The normalized spacial score (nSPS) is 15.8. The van der Waals surface area contributed by atoms with Crippen LogP contribution in [0.3, 0.4) is 0 Å². The molecule has 1 saturated heterocycles. The summed E-state index contributed by atoms with van der Waals surface area (Å²) >= 11 is 10.1. The Balaban J connectivity index is 2.00. The van der Waals surface area contributed by atoms with Crippen LogP contribution >= 0.6 is 56.8 Å². The molecule has 28 heavy (non-hydrogen) atoms. The predicted octanol–water partition coefficient (Wildman–Crippen LogP) is 4.61. The Hall–Kier alpha value is -1.66. The molecule has 9 heteroatoms. The van der Waals surface area contributed by atoms with Crippen molar-refractivity contribution in [1.82, 2.24) is 5.32 Å². The van der Waals surface area contributed by atoms with E-state index in [2.05, 4.69) is 50.5 Å². The van der Waals surface area contributed by atoms with Crippen LogP contribution in [0.25, 0.3) is 6.08 Å². The molecule has 0 saturated carbocycles. The van der Waals surface area contributed by atoms with Crippen LogP contribution in [0, 0.1) is 7.14 Å².